The van der Waals surface area contributed by atoms with Gasteiger partial charge in [-0.2, -0.15) is 0 Å². The molecule has 3 heteroatoms. The van der Waals surface area contributed by atoms with Gasteiger partial charge in [0.25, 0.3) is 0 Å². The average molecular weight is 336 g/mol. The highest BCUT2D eigenvalue weighted by Gasteiger charge is 2.19. The third kappa shape index (κ3) is 3.32. The topological polar surface area (TPSA) is 37.3 Å². The van der Waals surface area contributed by atoms with E-state index in [0.717, 1.165) is 21.6 Å². The van der Waals surface area contributed by atoms with Crippen molar-refractivity contribution in [2.75, 3.05) is 0 Å². The van der Waals surface area contributed by atoms with Crippen LogP contribution in [-0.2, 0) is 10.8 Å². The van der Waals surface area contributed by atoms with E-state index in [1.165, 1.54) is 0 Å². The van der Waals surface area contributed by atoms with Crippen LogP contribution in [0.1, 0.15) is 28.4 Å². The molecule has 3 rings (SSSR count). The van der Waals surface area contributed by atoms with Crippen LogP contribution in [0.3, 0.4) is 0 Å². The summed E-state index contributed by atoms with van der Waals surface area (Å²) in [4.78, 5) is 1.39. The molecule has 0 aliphatic carbocycles. The number of aliphatic hydroxyl groups excluding tert-OH is 1. The summed E-state index contributed by atoms with van der Waals surface area (Å²) in [6.45, 7) is 3.97. The molecule has 0 bridgehead atoms. The molecule has 1 N–H and O–H groups in total. The maximum atomic E-state index is 13.0. The van der Waals surface area contributed by atoms with E-state index in [9.17, 15) is 9.32 Å². The van der Waals surface area contributed by atoms with E-state index in [0.29, 0.717) is 10.5 Å². The maximum Gasteiger partial charge on any atom is 0.105 e. The zero-order valence-corrected chi connectivity index (χ0v) is 14.6. The Morgan fingerprint density at radius 2 is 1.38 bits per heavy atom. The largest absolute Gasteiger partial charge is 0.384 e. The summed E-state index contributed by atoms with van der Waals surface area (Å²) >= 11 is 0. The van der Waals surface area contributed by atoms with Gasteiger partial charge in [-0.3, -0.25) is 0 Å². The Bertz CT molecular complexity index is 869. The van der Waals surface area contributed by atoms with Gasteiger partial charge < -0.3 is 5.11 Å². The second kappa shape index (κ2) is 7.12. The molecule has 122 valence electrons. The Labute approximate surface area is 145 Å². The zero-order valence-electron chi connectivity index (χ0n) is 13.8. The molecule has 0 aliphatic rings. The van der Waals surface area contributed by atoms with Crippen LogP contribution in [0.25, 0.3) is 0 Å². The molecule has 0 heterocycles. The minimum absolute atomic E-state index is 0.650. The standard InChI is InChI=1S/C21H20O2S/c1-15-11-13-17(14-12-15)24(23)20-10-6-5-9-19(20)21(22)18-8-4-3-7-16(18)2/h3-14,21-22H,1-2H3/t21-,24?/m1/s1. The van der Waals surface area contributed by atoms with Gasteiger partial charge in [-0.05, 0) is 43.2 Å². The minimum atomic E-state index is -1.33. The molecule has 3 aromatic carbocycles. The summed E-state index contributed by atoms with van der Waals surface area (Å²) in [6, 6.07) is 22.8. The van der Waals surface area contributed by atoms with Crippen LogP contribution in [0.5, 0.6) is 0 Å². The van der Waals surface area contributed by atoms with Crippen molar-refractivity contribution in [1.29, 1.82) is 0 Å². The van der Waals surface area contributed by atoms with Crippen molar-refractivity contribution in [2.24, 2.45) is 0 Å². The van der Waals surface area contributed by atoms with Gasteiger partial charge in [0.2, 0.25) is 0 Å². The van der Waals surface area contributed by atoms with Gasteiger partial charge in [0.15, 0.2) is 0 Å². The highest BCUT2D eigenvalue weighted by Crippen LogP contribution is 2.30. The Kier molecular flexibility index (Phi) is 4.93. The fraction of sp³-hybridized carbons (Fsp3) is 0.143. The molecule has 1 unspecified atom stereocenters. The summed E-state index contributed by atoms with van der Waals surface area (Å²) in [5.74, 6) is 0. The van der Waals surface area contributed by atoms with Crippen molar-refractivity contribution in [3.05, 3.63) is 95.1 Å². The first-order chi connectivity index (χ1) is 11.6. The van der Waals surface area contributed by atoms with Crippen molar-refractivity contribution in [3.63, 3.8) is 0 Å². The number of aliphatic hydroxyl groups is 1. The van der Waals surface area contributed by atoms with Gasteiger partial charge >= 0.3 is 0 Å². The fourth-order valence-electron chi connectivity index (χ4n) is 2.73. The van der Waals surface area contributed by atoms with Gasteiger partial charge in [0.1, 0.15) is 6.10 Å². The molecule has 0 saturated heterocycles. The molecule has 0 radical (unpaired) electrons. The zero-order chi connectivity index (χ0) is 17.1. The van der Waals surface area contributed by atoms with Crippen LogP contribution in [0.15, 0.2) is 82.6 Å². The average Bonchev–Trinajstić information content (AvgIpc) is 2.61. The summed E-state index contributed by atoms with van der Waals surface area (Å²) < 4.78 is 13.0. The van der Waals surface area contributed by atoms with Crippen molar-refractivity contribution in [3.8, 4) is 0 Å². The number of hydrogen-bond acceptors (Lipinski definition) is 2. The minimum Gasteiger partial charge on any atom is -0.384 e. The second-order valence-electron chi connectivity index (χ2n) is 5.88. The molecule has 0 amide bonds. The first-order valence-corrected chi connectivity index (χ1v) is 9.04. The third-order valence-corrected chi connectivity index (χ3v) is 5.60. The van der Waals surface area contributed by atoms with Crippen LogP contribution in [-0.4, -0.2) is 9.32 Å². The SMILES string of the molecule is Cc1ccc(S(=O)c2ccccc2[C@H](O)c2ccccc2C)cc1. The van der Waals surface area contributed by atoms with E-state index in [2.05, 4.69) is 0 Å². The molecule has 2 atom stereocenters. The van der Waals surface area contributed by atoms with E-state index in [-0.39, 0.29) is 0 Å². The summed E-state index contributed by atoms with van der Waals surface area (Å²) in [5.41, 5.74) is 3.67. The highest BCUT2D eigenvalue weighted by molar-refractivity contribution is 7.85. The lowest BCUT2D eigenvalue weighted by atomic mass is 9.98. The second-order valence-corrected chi connectivity index (χ2v) is 7.33. The van der Waals surface area contributed by atoms with Gasteiger partial charge in [-0.25, -0.2) is 4.21 Å². The van der Waals surface area contributed by atoms with Crippen LogP contribution < -0.4 is 0 Å². The molecule has 0 spiro atoms. The number of hydrogen-bond donors (Lipinski definition) is 1. The van der Waals surface area contributed by atoms with E-state index < -0.39 is 16.9 Å². The summed E-state index contributed by atoms with van der Waals surface area (Å²) in [6.07, 6.45) is -0.795. The van der Waals surface area contributed by atoms with E-state index in [1.807, 2.05) is 86.6 Å². The molecule has 0 aromatic heterocycles. The Morgan fingerprint density at radius 1 is 0.792 bits per heavy atom. The molecule has 2 nitrogen and oxygen atoms in total. The molecule has 0 aliphatic heterocycles. The monoisotopic (exact) mass is 336 g/mol. The molecule has 24 heavy (non-hydrogen) atoms. The van der Waals surface area contributed by atoms with Crippen LogP contribution in [0.4, 0.5) is 0 Å². The smallest absolute Gasteiger partial charge is 0.105 e. The Morgan fingerprint density at radius 3 is 2.04 bits per heavy atom. The molecular formula is C21H20O2S. The Hall–Kier alpha value is -2.23. The van der Waals surface area contributed by atoms with Gasteiger partial charge in [0, 0.05) is 15.4 Å². The van der Waals surface area contributed by atoms with Gasteiger partial charge in [0.05, 0.1) is 10.8 Å². The van der Waals surface area contributed by atoms with Crippen molar-refractivity contribution < 1.29 is 9.32 Å². The number of benzene rings is 3. The number of aryl methyl sites for hydroxylation is 2. The first-order valence-electron chi connectivity index (χ1n) is 7.89. The normalized spacial score (nSPS) is 13.5. The van der Waals surface area contributed by atoms with Crippen LogP contribution in [0.2, 0.25) is 0 Å². The molecule has 0 fully saturated rings. The van der Waals surface area contributed by atoms with Crippen molar-refractivity contribution in [1.82, 2.24) is 0 Å². The highest BCUT2D eigenvalue weighted by atomic mass is 32.2. The van der Waals surface area contributed by atoms with Gasteiger partial charge in [-0.1, -0.05) is 60.2 Å². The first kappa shape index (κ1) is 16.6. The Balaban J connectivity index is 2.03. The van der Waals surface area contributed by atoms with Gasteiger partial charge in [-0.15, -0.1) is 0 Å². The number of rotatable bonds is 4. The lowest BCUT2D eigenvalue weighted by Crippen LogP contribution is -2.07. The fourth-order valence-corrected chi connectivity index (χ4v) is 3.96. The molecule has 0 saturated carbocycles. The molecular weight excluding hydrogens is 316 g/mol. The van der Waals surface area contributed by atoms with Crippen molar-refractivity contribution >= 4 is 10.8 Å². The van der Waals surface area contributed by atoms with E-state index >= 15 is 0 Å². The van der Waals surface area contributed by atoms with E-state index in [1.54, 1.807) is 0 Å². The quantitative estimate of drug-likeness (QED) is 0.759. The summed E-state index contributed by atoms with van der Waals surface area (Å²) in [5, 5.41) is 10.9. The maximum absolute atomic E-state index is 13.0. The van der Waals surface area contributed by atoms with Crippen molar-refractivity contribution in [2.45, 2.75) is 29.7 Å². The van der Waals surface area contributed by atoms with E-state index in [4.69, 9.17) is 0 Å². The lowest BCUT2D eigenvalue weighted by Gasteiger charge is -2.17. The third-order valence-electron chi connectivity index (χ3n) is 4.13. The summed E-state index contributed by atoms with van der Waals surface area (Å²) in [7, 11) is -1.33. The van der Waals surface area contributed by atoms with Crippen LogP contribution >= 0.6 is 0 Å². The predicted octanol–water partition coefficient (Wildman–Crippen LogP) is 4.55. The predicted molar refractivity (Wildman–Crippen MR) is 97.5 cm³/mol. The van der Waals surface area contributed by atoms with Crippen LogP contribution in [0, 0.1) is 13.8 Å². The lowest BCUT2D eigenvalue weighted by molar-refractivity contribution is 0.216. The molecule has 3 aromatic rings.